The molecule has 8 heteroatoms. The summed E-state index contributed by atoms with van der Waals surface area (Å²) in [4.78, 5) is 25.7. The van der Waals surface area contributed by atoms with Gasteiger partial charge in [-0.1, -0.05) is 50.2 Å². The number of methoxy groups -OCH3 is 2. The van der Waals surface area contributed by atoms with Gasteiger partial charge in [-0.3, -0.25) is 9.59 Å². The van der Waals surface area contributed by atoms with Gasteiger partial charge in [0, 0.05) is 29.2 Å². The van der Waals surface area contributed by atoms with Crippen molar-refractivity contribution in [1.29, 1.82) is 0 Å². The summed E-state index contributed by atoms with van der Waals surface area (Å²) < 4.78 is 22.5. The molecule has 0 aliphatic rings. The van der Waals surface area contributed by atoms with E-state index < -0.39 is 23.1 Å². The lowest BCUT2D eigenvalue weighted by molar-refractivity contribution is -0.140. The second-order valence-corrected chi connectivity index (χ2v) is 9.32. The predicted octanol–water partition coefficient (Wildman–Crippen LogP) is 5.61. The summed E-state index contributed by atoms with van der Waals surface area (Å²) >= 11 is 0. The van der Waals surface area contributed by atoms with Gasteiger partial charge in [-0.2, -0.15) is 0 Å². The Morgan fingerprint density at radius 1 is 0.947 bits per heavy atom. The van der Waals surface area contributed by atoms with E-state index in [-0.39, 0.29) is 34.5 Å². The van der Waals surface area contributed by atoms with E-state index in [9.17, 15) is 19.8 Å². The Balaban J connectivity index is 1.96. The molecule has 4 aromatic rings. The number of hydrogen-bond donors (Lipinski definition) is 2. The molecular formula is C30H30O8. The standard InChI is InChI=1S/C30H30O8/c1-17(2)16-37-24-11-10-19(12-26(24)35-3)20(13-27(34)36-4)28-21(31)14-22(32)29-23(33)15-25(38-30(28)29)18-8-6-5-7-9-18/h5-12,14-15,17,20,31-32H,13,16H2,1-4H3/t20-/m0/s1. The van der Waals surface area contributed by atoms with Gasteiger partial charge in [-0.15, -0.1) is 0 Å². The highest BCUT2D eigenvalue weighted by Gasteiger charge is 2.29. The Bertz CT molecular complexity index is 1500. The molecule has 0 bridgehead atoms. The molecule has 0 fully saturated rings. The van der Waals surface area contributed by atoms with Crippen molar-refractivity contribution in [3.8, 4) is 34.3 Å². The van der Waals surface area contributed by atoms with Gasteiger partial charge in [0.25, 0.3) is 0 Å². The zero-order chi connectivity index (χ0) is 27.4. The van der Waals surface area contributed by atoms with Crippen LogP contribution >= 0.6 is 0 Å². The first-order valence-corrected chi connectivity index (χ1v) is 12.2. The summed E-state index contributed by atoms with van der Waals surface area (Å²) in [5.41, 5.74) is 0.867. The van der Waals surface area contributed by atoms with Crippen LogP contribution in [0.4, 0.5) is 0 Å². The van der Waals surface area contributed by atoms with Gasteiger partial charge >= 0.3 is 5.97 Å². The van der Waals surface area contributed by atoms with Crippen LogP contribution in [-0.2, 0) is 9.53 Å². The van der Waals surface area contributed by atoms with Crippen molar-refractivity contribution in [2.75, 3.05) is 20.8 Å². The van der Waals surface area contributed by atoms with Crippen LogP contribution in [0, 0.1) is 5.92 Å². The van der Waals surface area contributed by atoms with Crippen molar-refractivity contribution in [3.05, 3.63) is 82.0 Å². The minimum atomic E-state index is -0.812. The van der Waals surface area contributed by atoms with E-state index in [2.05, 4.69) is 0 Å². The topological polar surface area (TPSA) is 115 Å². The molecular weight excluding hydrogens is 488 g/mol. The SMILES string of the molecule is COC(=O)C[C@@H](c1ccc(OCC(C)C)c(OC)c1)c1c(O)cc(O)c2c(=O)cc(-c3ccccc3)oc12. The van der Waals surface area contributed by atoms with Gasteiger partial charge in [0.2, 0.25) is 0 Å². The van der Waals surface area contributed by atoms with Crippen LogP contribution in [0.1, 0.15) is 37.3 Å². The van der Waals surface area contributed by atoms with E-state index in [1.165, 1.54) is 20.3 Å². The van der Waals surface area contributed by atoms with Crippen LogP contribution < -0.4 is 14.9 Å². The normalized spacial score (nSPS) is 11.9. The summed E-state index contributed by atoms with van der Waals surface area (Å²) in [6.45, 7) is 4.55. The van der Waals surface area contributed by atoms with E-state index in [4.69, 9.17) is 18.6 Å². The van der Waals surface area contributed by atoms with Gasteiger partial charge < -0.3 is 28.8 Å². The molecule has 1 aromatic heterocycles. The maximum absolute atomic E-state index is 13.1. The largest absolute Gasteiger partial charge is 0.507 e. The van der Waals surface area contributed by atoms with Crippen molar-refractivity contribution in [1.82, 2.24) is 0 Å². The van der Waals surface area contributed by atoms with Crippen LogP contribution in [0.2, 0.25) is 0 Å². The molecule has 0 radical (unpaired) electrons. The number of carbonyl (C=O) groups excluding carboxylic acids is 1. The maximum atomic E-state index is 13.1. The molecule has 0 saturated carbocycles. The predicted molar refractivity (Wildman–Crippen MR) is 143 cm³/mol. The average molecular weight is 519 g/mol. The number of carbonyl (C=O) groups is 1. The Labute approximate surface area is 220 Å². The Hall–Kier alpha value is -4.46. The van der Waals surface area contributed by atoms with Crippen molar-refractivity contribution in [2.24, 2.45) is 5.92 Å². The quantitative estimate of drug-likeness (QED) is 0.275. The van der Waals surface area contributed by atoms with Crippen molar-refractivity contribution in [2.45, 2.75) is 26.2 Å². The molecule has 0 unspecified atom stereocenters. The molecule has 3 aromatic carbocycles. The molecule has 1 heterocycles. The summed E-state index contributed by atoms with van der Waals surface area (Å²) in [6, 6.07) is 16.6. The number of phenols is 2. The van der Waals surface area contributed by atoms with Gasteiger partial charge in [0.15, 0.2) is 16.9 Å². The molecule has 0 aliphatic carbocycles. The molecule has 0 saturated heterocycles. The molecule has 38 heavy (non-hydrogen) atoms. The molecule has 4 rings (SSSR count). The zero-order valence-corrected chi connectivity index (χ0v) is 21.7. The summed E-state index contributed by atoms with van der Waals surface area (Å²) in [5, 5.41) is 21.5. The summed E-state index contributed by atoms with van der Waals surface area (Å²) in [6.07, 6.45) is -0.182. The first kappa shape index (κ1) is 26.6. The van der Waals surface area contributed by atoms with Gasteiger partial charge in [-0.25, -0.2) is 0 Å². The number of fused-ring (bicyclic) bond motifs is 1. The lowest BCUT2D eigenvalue weighted by Gasteiger charge is -2.21. The van der Waals surface area contributed by atoms with Crippen molar-refractivity contribution in [3.63, 3.8) is 0 Å². The fourth-order valence-corrected chi connectivity index (χ4v) is 4.32. The molecule has 0 aliphatic heterocycles. The third-order valence-corrected chi connectivity index (χ3v) is 6.17. The third-order valence-electron chi connectivity index (χ3n) is 6.17. The molecule has 1 atom stereocenters. The summed E-state index contributed by atoms with van der Waals surface area (Å²) in [5.74, 6) is -0.608. The highest BCUT2D eigenvalue weighted by molar-refractivity contribution is 5.90. The van der Waals surface area contributed by atoms with Gasteiger partial charge in [0.05, 0.1) is 27.2 Å². The van der Waals surface area contributed by atoms with Crippen LogP contribution in [0.3, 0.4) is 0 Å². The fraction of sp³-hybridized carbons (Fsp3) is 0.267. The highest BCUT2D eigenvalue weighted by Crippen LogP contribution is 2.44. The van der Waals surface area contributed by atoms with Gasteiger partial charge in [0.1, 0.15) is 28.2 Å². The number of rotatable bonds is 9. The third kappa shape index (κ3) is 5.44. The number of hydrogen-bond acceptors (Lipinski definition) is 8. The van der Waals surface area contributed by atoms with E-state index in [0.717, 1.165) is 6.07 Å². The lowest BCUT2D eigenvalue weighted by Crippen LogP contribution is -2.13. The van der Waals surface area contributed by atoms with Crippen LogP contribution in [-0.4, -0.2) is 37.0 Å². The number of aromatic hydroxyl groups is 2. The van der Waals surface area contributed by atoms with Crippen molar-refractivity contribution < 1.29 is 33.6 Å². The first-order chi connectivity index (χ1) is 18.2. The monoisotopic (exact) mass is 518 g/mol. The minimum Gasteiger partial charge on any atom is -0.507 e. The Morgan fingerprint density at radius 2 is 1.68 bits per heavy atom. The van der Waals surface area contributed by atoms with Gasteiger partial charge in [-0.05, 0) is 23.6 Å². The zero-order valence-electron chi connectivity index (χ0n) is 21.7. The van der Waals surface area contributed by atoms with E-state index in [1.54, 1.807) is 42.5 Å². The smallest absolute Gasteiger partial charge is 0.306 e. The summed E-state index contributed by atoms with van der Waals surface area (Å²) in [7, 11) is 2.78. The Kier molecular flexibility index (Phi) is 7.90. The first-order valence-electron chi connectivity index (χ1n) is 12.2. The average Bonchev–Trinajstić information content (AvgIpc) is 2.90. The Morgan fingerprint density at radius 3 is 2.34 bits per heavy atom. The van der Waals surface area contributed by atoms with Crippen LogP contribution in [0.5, 0.6) is 23.0 Å². The van der Waals surface area contributed by atoms with Crippen LogP contribution in [0.25, 0.3) is 22.3 Å². The van der Waals surface area contributed by atoms with Crippen molar-refractivity contribution >= 4 is 16.9 Å². The van der Waals surface area contributed by atoms with E-state index in [1.807, 2.05) is 19.9 Å². The molecule has 0 spiro atoms. The number of phenolic OH excluding ortho intramolecular Hbond substituents is 2. The molecule has 198 valence electrons. The second kappa shape index (κ2) is 11.3. The second-order valence-electron chi connectivity index (χ2n) is 9.32. The molecule has 8 nitrogen and oxygen atoms in total. The molecule has 0 amide bonds. The minimum absolute atomic E-state index is 0.0261. The van der Waals surface area contributed by atoms with E-state index >= 15 is 0 Å². The number of esters is 1. The number of benzene rings is 3. The lowest BCUT2D eigenvalue weighted by atomic mass is 9.86. The number of ether oxygens (including phenoxy) is 3. The maximum Gasteiger partial charge on any atom is 0.306 e. The van der Waals surface area contributed by atoms with E-state index in [0.29, 0.717) is 35.2 Å². The molecule has 2 N–H and O–H groups in total. The highest BCUT2D eigenvalue weighted by atomic mass is 16.5. The fourth-order valence-electron chi connectivity index (χ4n) is 4.32. The van der Waals surface area contributed by atoms with Crippen LogP contribution in [0.15, 0.2) is 69.9 Å².